The lowest BCUT2D eigenvalue weighted by Crippen LogP contribution is -2.44. The maximum atomic E-state index is 11.8. The number of nitrogens with two attached hydrogens (primary N) is 1. The quantitative estimate of drug-likeness (QED) is 0.508. The predicted molar refractivity (Wildman–Crippen MR) is 107 cm³/mol. The number of carbonyl (C=O) groups excluding carboxylic acids is 2. The Bertz CT molecular complexity index is 578. The summed E-state index contributed by atoms with van der Waals surface area (Å²) in [5.74, 6) is 9.32. The molecule has 0 unspecified atom stereocenters. The molecule has 0 bridgehead atoms. The van der Waals surface area contributed by atoms with Crippen LogP contribution in [0.5, 0.6) is 0 Å². The molecule has 0 spiro atoms. The molecule has 0 aromatic heterocycles. The van der Waals surface area contributed by atoms with E-state index in [2.05, 4.69) is 29.0 Å². The van der Waals surface area contributed by atoms with E-state index in [0.29, 0.717) is 12.8 Å². The number of hydrogen-bond acceptors (Lipinski definition) is 3. The Morgan fingerprint density at radius 1 is 0.963 bits per heavy atom. The van der Waals surface area contributed by atoms with E-state index in [9.17, 15) is 14.4 Å². The highest BCUT2D eigenvalue weighted by molar-refractivity contribution is 5.87. The van der Waals surface area contributed by atoms with Crippen LogP contribution in [0, 0.1) is 35.5 Å². The molecule has 0 fully saturated rings. The van der Waals surface area contributed by atoms with E-state index in [1.807, 2.05) is 13.8 Å². The van der Waals surface area contributed by atoms with Gasteiger partial charge in [-0.3, -0.25) is 14.4 Å². The summed E-state index contributed by atoms with van der Waals surface area (Å²) < 4.78 is 0. The summed E-state index contributed by atoms with van der Waals surface area (Å²) in [4.78, 5) is 33.1. The van der Waals surface area contributed by atoms with Gasteiger partial charge >= 0.3 is 5.97 Å². The number of primary amides is 1. The van der Waals surface area contributed by atoms with Crippen molar-refractivity contribution in [3.63, 3.8) is 0 Å². The first-order chi connectivity index (χ1) is 12.7. The molecule has 0 aliphatic carbocycles. The maximum Gasteiger partial charge on any atom is 0.307 e. The minimum atomic E-state index is -0.727. The molecule has 0 saturated heterocycles. The number of carbonyl (C=O) groups is 3. The zero-order valence-electron chi connectivity index (χ0n) is 17.2. The predicted octanol–water partition coefficient (Wildman–Crippen LogP) is 2.71. The van der Waals surface area contributed by atoms with Crippen LogP contribution in [-0.4, -0.2) is 28.9 Å². The van der Waals surface area contributed by atoms with Gasteiger partial charge in [-0.25, -0.2) is 0 Å². The number of amides is 2. The molecule has 0 radical (unpaired) electrons. The Morgan fingerprint density at radius 2 is 1.41 bits per heavy atom. The number of aliphatic carboxylic acids is 1. The zero-order chi connectivity index (χ0) is 21.2. The molecule has 0 aliphatic rings. The van der Waals surface area contributed by atoms with Crippen molar-refractivity contribution in [3.05, 3.63) is 0 Å². The highest BCUT2D eigenvalue weighted by Gasteiger charge is 2.20. The fourth-order valence-electron chi connectivity index (χ4n) is 2.19. The van der Waals surface area contributed by atoms with Crippen molar-refractivity contribution in [1.29, 1.82) is 0 Å². The van der Waals surface area contributed by atoms with Crippen molar-refractivity contribution in [2.45, 2.75) is 79.2 Å². The largest absolute Gasteiger partial charge is 0.481 e. The van der Waals surface area contributed by atoms with Gasteiger partial charge in [0.15, 0.2) is 0 Å². The lowest BCUT2D eigenvalue weighted by atomic mass is 9.98. The molecule has 27 heavy (non-hydrogen) atoms. The zero-order valence-corrected chi connectivity index (χ0v) is 17.2. The molecule has 152 valence electrons. The van der Waals surface area contributed by atoms with Crippen LogP contribution in [0.4, 0.5) is 0 Å². The second-order valence-corrected chi connectivity index (χ2v) is 6.20. The first-order valence-electron chi connectivity index (χ1n) is 9.36. The average Bonchev–Trinajstić information content (AvgIpc) is 2.62. The van der Waals surface area contributed by atoms with Crippen LogP contribution in [0.25, 0.3) is 0 Å². The van der Waals surface area contributed by atoms with E-state index in [1.165, 1.54) is 0 Å². The summed E-state index contributed by atoms with van der Waals surface area (Å²) in [6.07, 6.45) is 4.33. The van der Waals surface area contributed by atoms with Crippen LogP contribution in [-0.2, 0) is 14.4 Å². The summed E-state index contributed by atoms with van der Waals surface area (Å²) in [5.41, 5.74) is 5.08. The average molecular weight is 379 g/mol. The minimum absolute atomic E-state index is 0.143. The van der Waals surface area contributed by atoms with Crippen LogP contribution in [0.3, 0.4) is 0 Å². The highest BCUT2D eigenvalue weighted by Crippen LogP contribution is 2.11. The summed E-state index contributed by atoms with van der Waals surface area (Å²) in [5, 5.41) is 11.3. The van der Waals surface area contributed by atoms with Crippen LogP contribution >= 0.6 is 0 Å². The Hall–Kier alpha value is -2.47. The van der Waals surface area contributed by atoms with Crippen LogP contribution < -0.4 is 11.1 Å². The smallest absolute Gasteiger partial charge is 0.307 e. The second-order valence-electron chi connectivity index (χ2n) is 6.20. The van der Waals surface area contributed by atoms with Crippen LogP contribution in [0.2, 0.25) is 0 Å². The molecule has 0 aromatic carbocycles. The molecule has 6 heteroatoms. The van der Waals surface area contributed by atoms with Gasteiger partial charge in [0.05, 0.1) is 5.92 Å². The Morgan fingerprint density at radius 3 is 1.78 bits per heavy atom. The first-order valence-corrected chi connectivity index (χ1v) is 9.36. The number of carboxylic acid groups (broad SMARTS) is 1. The van der Waals surface area contributed by atoms with E-state index in [4.69, 9.17) is 10.8 Å². The van der Waals surface area contributed by atoms with Gasteiger partial charge in [0.25, 0.3) is 0 Å². The van der Waals surface area contributed by atoms with Crippen molar-refractivity contribution in [2.75, 3.05) is 0 Å². The molecule has 0 rings (SSSR count). The van der Waals surface area contributed by atoms with E-state index >= 15 is 0 Å². The number of hydrogen-bond donors (Lipinski definition) is 3. The van der Waals surface area contributed by atoms with E-state index in [1.54, 1.807) is 20.8 Å². The van der Waals surface area contributed by atoms with Gasteiger partial charge < -0.3 is 16.2 Å². The van der Waals surface area contributed by atoms with Gasteiger partial charge in [0, 0.05) is 18.8 Å². The summed E-state index contributed by atoms with van der Waals surface area (Å²) in [7, 11) is 0. The molecule has 6 nitrogen and oxygen atoms in total. The van der Waals surface area contributed by atoms with Crippen molar-refractivity contribution < 1.29 is 19.5 Å². The highest BCUT2D eigenvalue weighted by atomic mass is 16.4. The van der Waals surface area contributed by atoms with Crippen molar-refractivity contribution in [1.82, 2.24) is 5.32 Å². The molecular formula is C21H34N2O4. The third-order valence-electron chi connectivity index (χ3n) is 3.83. The van der Waals surface area contributed by atoms with Gasteiger partial charge in [0.1, 0.15) is 6.04 Å². The Balaban J connectivity index is 0. The summed E-state index contributed by atoms with van der Waals surface area (Å²) >= 11 is 0. The van der Waals surface area contributed by atoms with Gasteiger partial charge in [-0.05, 0) is 33.6 Å². The van der Waals surface area contributed by atoms with Crippen molar-refractivity contribution >= 4 is 17.8 Å². The number of nitrogens with one attached hydrogen (secondary N) is 1. The standard InChI is InChI=1S/C12H20N2O2.C9H14O2/c1-4-6-8-10(7-5-2)12(16)14-9(3)11(13)15;1-3-5-7-8(6-4-2)9(10)11/h9-10H,5,7-8H2,1-3H3,(H2,13,15)(H,14,16);8H,4,6-7H2,1-2H3,(H,10,11)/t9-,10-;8-/m11/s1. The molecule has 0 heterocycles. The molecule has 0 saturated carbocycles. The topological polar surface area (TPSA) is 109 Å². The normalized spacial score (nSPS) is 12.5. The number of rotatable bonds is 10. The van der Waals surface area contributed by atoms with Crippen LogP contribution in [0.1, 0.15) is 73.1 Å². The Kier molecular flexibility index (Phi) is 16.8. The van der Waals surface area contributed by atoms with Crippen molar-refractivity contribution in [2.24, 2.45) is 17.6 Å². The number of carboxylic acids is 1. The van der Waals surface area contributed by atoms with E-state index in [-0.39, 0.29) is 17.7 Å². The Labute approximate surface area is 163 Å². The first kappa shape index (κ1) is 26.8. The maximum absolute atomic E-state index is 11.8. The van der Waals surface area contributed by atoms with E-state index < -0.39 is 17.9 Å². The van der Waals surface area contributed by atoms with E-state index in [0.717, 1.165) is 25.7 Å². The third kappa shape index (κ3) is 14.4. The van der Waals surface area contributed by atoms with Gasteiger partial charge in [-0.2, -0.15) is 0 Å². The second kappa shape index (κ2) is 17.0. The van der Waals surface area contributed by atoms with Gasteiger partial charge in [-0.15, -0.1) is 23.7 Å². The molecule has 0 aliphatic heterocycles. The lowest BCUT2D eigenvalue weighted by molar-refractivity contribution is -0.141. The molecule has 3 atom stereocenters. The molecule has 0 aromatic rings. The van der Waals surface area contributed by atoms with Crippen LogP contribution in [0.15, 0.2) is 0 Å². The van der Waals surface area contributed by atoms with Crippen molar-refractivity contribution in [3.8, 4) is 23.7 Å². The lowest BCUT2D eigenvalue weighted by Gasteiger charge is -2.16. The monoisotopic (exact) mass is 378 g/mol. The molecular weight excluding hydrogens is 344 g/mol. The summed E-state index contributed by atoms with van der Waals surface area (Å²) in [6, 6.07) is -0.624. The fraction of sp³-hybridized carbons (Fsp3) is 0.667. The SMILES string of the molecule is CC#CC[C@@H](CCC)C(=O)N[C@H](C)C(N)=O.CC#CC[C@@H](CCC)C(=O)O. The molecule has 4 N–H and O–H groups in total. The third-order valence-corrected chi connectivity index (χ3v) is 3.83. The summed E-state index contributed by atoms with van der Waals surface area (Å²) in [6.45, 7) is 9.04. The minimum Gasteiger partial charge on any atom is -0.481 e. The van der Waals surface area contributed by atoms with Gasteiger partial charge in [-0.1, -0.05) is 26.7 Å². The fourth-order valence-corrected chi connectivity index (χ4v) is 2.19. The van der Waals surface area contributed by atoms with Gasteiger partial charge in [0.2, 0.25) is 11.8 Å². The molecule has 2 amide bonds.